The molecule has 24 heavy (non-hydrogen) atoms. The van der Waals surface area contributed by atoms with E-state index in [2.05, 4.69) is 45.5 Å². The highest BCUT2D eigenvalue weighted by molar-refractivity contribution is 5.93. The Bertz CT molecular complexity index is 1020. The lowest BCUT2D eigenvalue weighted by molar-refractivity contribution is 0.870. The van der Waals surface area contributed by atoms with Crippen molar-refractivity contribution in [3.05, 3.63) is 54.6 Å². The fraction of sp³-hybridized carbons (Fsp3) is 0.211. The zero-order chi connectivity index (χ0) is 15.9. The summed E-state index contributed by atoms with van der Waals surface area (Å²) in [4.78, 5) is 7.36. The maximum absolute atomic E-state index is 4.99. The third-order valence-corrected chi connectivity index (χ3v) is 4.68. The topological polar surface area (TPSA) is 46.3 Å². The van der Waals surface area contributed by atoms with E-state index in [1.165, 1.54) is 12.8 Å². The predicted molar refractivity (Wildman–Crippen MR) is 95.2 cm³/mol. The Morgan fingerprint density at radius 3 is 2.42 bits per heavy atom. The van der Waals surface area contributed by atoms with Crippen molar-refractivity contribution in [3.8, 4) is 11.3 Å². The molecule has 2 aromatic carbocycles. The summed E-state index contributed by atoms with van der Waals surface area (Å²) in [5.74, 6) is 1.05. The van der Waals surface area contributed by atoms with E-state index in [1.807, 2.05) is 28.8 Å². The van der Waals surface area contributed by atoms with Crippen LogP contribution < -0.4 is 4.90 Å². The monoisotopic (exact) mass is 315 g/mol. The second-order valence-corrected chi connectivity index (χ2v) is 6.19. The third kappa shape index (κ3) is 1.98. The molecule has 0 atom stereocenters. The lowest BCUT2D eigenvalue weighted by Gasteiger charge is -2.19. The Morgan fingerprint density at radius 1 is 0.833 bits per heavy atom. The van der Waals surface area contributed by atoms with E-state index < -0.39 is 0 Å². The minimum absolute atomic E-state index is 0.821. The Morgan fingerprint density at radius 2 is 1.58 bits per heavy atom. The van der Waals surface area contributed by atoms with Crippen LogP contribution in [0.15, 0.2) is 54.6 Å². The summed E-state index contributed by atoms with van der Waals surface area (Å²) >= 11 is 0. The first kappa shape index (κ1) is 13.5. The lowest BCUT2D eigenvalue weighted by atomic mass is 10.1. The van der Waals surface area contributed by atoms with Gasteiger partial charge in [0.15, 0.2) is 5.65 Å². The van der Waals surface area contributed by atoms with E-state index in [-0.39, 0.29) is 0 Å². The first-order chi connectivity index (χ1) is 11.9. The van der Waals surface area contributed by atoms with Gasteiger partial charge in [-0.15, -0.1) is 5.10 Å². The smallest absolute Gasteiger partial charge is 0.186 e. The molecule has 1 aliphatic rings. The first-order valence-electron chi connectivity index (χ1n) is 8.36. The van der Waals surface area contributed by atoms with Gasteiger partial charge in [-0.1, -0.05) is 47.7 Å². The molecular weight excluding hydrogens is 298 g/mol. The third-order valence-electron chi connectivity index (χ3n) is 4.68. The molecule has 1 saturated heterocycles. The van der Waals surface area contributed by atoms with Crippen LogP contribution in [0.4, 0.5) is 5.82 Å². The van der Waals surface area contributed by atoms with Crippen molar-refractivity contribution in [3.63, 3.8) is 0 Å². The SMILES string of the molecule is c1ccc(-c2nnn3c2nc(N2CCCC2)c2ccccc23)cc1. The van der Waals surface area contributed by atoms with Gasteiger partial charge in [-0.05, 0) is 25.0 Å². The van der Waals surface area contributed by atoms with Crippen molar-refractivity contribution in [2.45, 2.75) is 12.8 Å². The number of nitrogens with zero attached hydrogens (tertiary/aromatic N) is 5. The molecule has 0 unspecified atom stereocenters. The summed E-state index contributed by atoms with van der Waals surface area (Å²) in [7, 11) is 0. The molecule has 0 aliphatic carbocycles. The molecule has 0 radical (unpaired) electrons. The number of benzene rings is 2. The molecule has 0 bridgehead atoms. The highest BCUT2D eigenvalue weighted by atomic mass is 15.4. The van der Waals surface area contributed by atoms with Gasteiger partial charge in [-0.3, -0.25) is 0 Å². The van der Waals surface area contributed by atoms with Crippen molar-refractivity contribution in [2.24, 2.45) is 0 Å². The van der Waals surface area contributed by atoms with Crippen LogP contribution in [0.2, 0.25) is 0 Å². The van der Waals surface area contributed by atoms with Crippen LogP contribution in [0.3, 0.4) is 0 Å². The van der Waals surface area contributed by atoms with Crippen LogP contribution in [-0.2, 0) is 0 Å². The van der Waals surface area contributed by atoms with Crippen LogP contribution in [0.5, 0.6) is 0 Å². The molecule has 118 valence electrons. The maximum atomic E-state index is 4.99. The molecule has 0 amide bonds. The second-order valence-electron chi connectivity index (χ2n) is 6.19. The highest BCUT2D eigenvalue weighted by Gasteiger charge is 2.20. The number of aromatic nitrogens is 4. The van der Waals surface area contributed by atoms with Crippen molar-refractivity contribution < 1.29 is 0 Å². The quantitative estimate of drug-likeness (QED) is 0.567. The lowest BCUT2D eigenvalue weighted by Crippen LogP contribution is -2.20. The molecule has 2 aromatic heterocycles. The minimum atomic E-state index is 0.821. The van der Waals surface area contributed by atoms with Gasteiger partial charge in [0.25, 0.3) is 0 Å². The van der Waals surface area contributed by atoms with Crippen LogP contribution in [0, 0.1) is 0 Å². The average Bonchev–Trinajstić information content (AvgIpc) is 3.31. The molecule has 0 saturated carbocycles. The number of fused-ring (bicyclic) bond motifs is 3. The Kier molecular flexibility index (Phi) is 2.98. The summed E-state index contributed by atoms with van der Waals surface area (Å²) < 4.78 is 1.86. The molecular formula is C19H17N5. The van der Waals surface area contributed by atoms with Crippen LogP contribution in [-0.4, -0.2) is 32.9 Å². The van der Waals surface area contributed by atoms with E-state index >= 15 is 0 Å². The van der Waals surface area contributed by atoms with Gasteiger partial charge < -0.3 is 4.90 Å². The molecule has 5 rings (SSSR count). The fourth-order valence-electron chi connectivity index (χ4n) is 3.50. The van der Waals surface area contributed by atoms with E-state index in [9.17, 15) is 0 Å². The Balaban J connectivity index is 1.83. The Hall–Kier alpha value is -2.95. The standard InChI is InChI=1S/C19H17N5/c1-2-8-14(9-3-1)17-19-20-18(23-12-6-7-13-23)15-10-4-5-11-16(15)24(19)22-21-17/h1-5,8-11H,6-7,12-13H2. The normalized spacial score (nSPS) is 14.8. The summed E-state index contributed by atoms with van der Waals surface area (Å²) in [6.45, 7) is 2.13. The van der Waals surface area contributed by atoms with Crippen molar-refractivity contribution in [2.75, 3.05) is 18.0 Å². The van der Waals surface area contributed by atoms with Crippen molar-refractivity contribution in [1.82, 2.24) is 19.8 Å². The largest absolute Gasteiger partial charge is 0.356 e. The minimum Gasteiger partial charge on any atom is -0.356 e. The molecule has 3 heterocycles. The van der Waals surface area contributed by atoms with Crippen LogP contribution in [0.1, 0.15) is 12.8 Å². The summed E-state index contributed by atoms with van der Waals surface area (Å²) in [6, 6.07) is 18.5. The van der Waals surface area contributed by atoms with Gasteiger partial charge in [0.05, 0.1) is 5.52 Å². The van der Waals surface area contributed by atoms with Gasteiger partial charge in [0.1, 0.15) is 11.5 Å². The fourth-order valence-corrected chi connectivity index (χ4v) is 3.50. The second kappa shape index (κ2) is 5.30. The van der Waals surface area contributed by atoms with Crippen LogP contribution in [0.25, 0.3) is 27.8 Å². The Labute approximate surface area is 139 Å². The number of rotatable bonds is 2. The van der Waals surface area contributed by atoms with Crippen molar-refractivity contribution in [1.29, 1.82) is 0 Å². The van der Waals surface area contributed by atoms with E-state index in [0.29, 0.717) is 0 Å². The van der Waals surface area contributed by atoms with Gasteiger partial charge >= 0.3 is 0 Å². The summed E-state index contributed by atoms with van der Waals surface area (Å²) in [5.41, 5.74) is 3.75. The maximum Gasteiger partial charge on any atom is 0.186 e. The number of anilines is 1. The number of hydrogen-bond donors (Lipinski definition) is 0. The van der Waals surface area contributed by atoms with Crippen LogP contribution >= 0.6 is 0 Å². The molecule has 5 nitrogen and oxygen atoms in total. The van der Waals surface area contributed by atoms with Crippen molar-refractivity contribution >= 4 is 22.4 Å². The van der Waals surface area contributed by atoms with E-state index in [0.717, 1.165) is 46.7 Å². The zero-order valence-electron chi connectivity index (χ0n) is 13.3. The zero-order valence-corrected chi connectivity index (χ0v) is 13.3. The van der Waals surface area contributed by atoms with E-state index in [1.54, 1.807) is 0 Å². The number of hydrogen-bond acceptors (Lipinski definition) is 4. The molecule has 0 N–H and O–H groups in total. The number of para-hydroxylation sites is 1. The summed E-state index contributed by atoms with van der Waals surface area (Å²) in [6.07, 6.45) is 2.45. The van der Waals surface area contributed by atoms with E-state index in [4.69, 9.17) is 4.98 Å². The van der Waals surface area contributed by atoms with Gasteiger partial charge in [-0.25, -0.2) is 4.98 Å². The highest BCUT2D eigenvalue weighted by Crippen LogP contribution is 2.31. The first-order valence-corrected chi connectivity index (χ1v) is 8.36. The summed E-state index contributed by atoms with van der Waals surface area (Å²) in [5, 5.41) is 9.93. The molecule has 0 spiro atoms. The van der Waals surface area contributed by atoms with Gasteiger partial charge in [0, 0.05) is 24.0 Å². The predicted octanol–water partition coefficient (Wildman–Crippen LogP) is 3.54. The van der Waals surface area contributed by atoms with Gasteiger partial charge in [0.2, 0.25) is 0 Å². The molecule has 1 aliphatic heterocycles. The molecule has 4 aromatic rings. The molecule has 1 fully saturated rings. The molecule has 5 heteroatoms. The average molecular weight is 315 g/mol. The van der Waals surface area contributed by atoms with Gasteiger partial charge in [-0.2, -0.15) is 4.52 Å².